The summed E-state index contributed by atoms with van der Waals surface area (Å²) in [5, 5.41) is 7.60. The third kappa shape index (κ3) is 3.29. The Labute approximate surface area is 168 Å². The number of aromatic nitrogens is 2. The Morgan fingerprint density at radius 2 is 2.00 bits per heavy atom. The summed E-state index contributed by atoms with van der Waals surface area (Å²) in [5.74, 6) is 2.05. The molecule has 1 N–H and O–H groups in total. The number of carbonyl (C=O) groups excluding carboxylic acids is 1. The van der Waals surface area contributed by atoms with Crippen molar-refractivity contribution in [1.29, 1.82) is 0 Å². The average molecular weight is 391 g/mol. The summed E-state index contributed by atoms with van der Waals surface area (Å²) < 4.78 is 16.8. The van der Waals surface area contributed by atoms with Crippen LogP contribution in [0.15, 0.2) is 48.5 Å². The maximum atomic E-state index is 13.1. The summed E-state index contributed by atoms with van der Waals surface area (Å²) in [4.78, 5) is 14.9. The van der Waals surface area contributed by atoms with Gasteiger partial charge in [-0.05, 0) is 37.3 Å². The van der Waals surface area contributed by atoms with Crippen LogP contribution in [0.5, 0.6) is 17.2 Å². The van der Waals surface area contributed by atoms with Gasteiger partial charge in [0.25, 0.3) is 5.91 Å². The monoisotopic (exact) mass is 391 g/mol. The van der Waals surface area contributed by atoms with Crippen molar-refractivity contribution < 1.29 is 19.0 Å². The Morgan fingerprint density at radius 3 is 2.86 bits per heavy atom. The smallest absolute Gasteiger partial charge is 0.254 e. The number of rotatable bonds is 4. The second kappa shape index (κ2) is 7.16. The molecule has 2 aromatic carbocycles. The molecule has 0 unspecified atom stereocenters. The van der Waals surface area contributed by atoms with Gasteiger partial charge in [-0.1, -0.05) is 18.2 Å². The highest BCUT2D eigenvalue weighted by Crippen LogP contribution is 2.34. The van der Waals surface area contributed by atoms with Crippen LogP contribution in [-0.2, 0) is 13.0 Å². The summed E-state index contributed by atoms with van der Waals surface area (Å²) in [6, 6.07) is 15.0. The first kappa shape index (κ1) is 17.6. The summed E-state index contributed by atoms with van der Waals surface area (Å²) >= 11 is 0. The number of H-pyrrole nitrogens is 1. The standard InChI is InChI=1S/C22H21N3O4/c1-14(29-16-5-3-2-4-6-16)21-17-12-25(10-9-18(17)23-24-21)22(26)15-7-8-19-20(11-15)28-13-27-19/h2-8,11,14H,9-10,12-13H2,1H3,(H,23,24)/t14-/m0/s1. The fourth-order valence-corrected chi connectivity index (χ4v) is 3.80. The molecule has 0 bridgehead atoms. The van der Waals surface area contributed by atoms with Crippen LogP contribution >= 0.6 is 0 Å². The van der Waals surface area contributed by atoms with E-state index in [4.69, 9.17) is 14.2 Å². The van der Waals surface area contributed by atoms with E-state index in [1.165, 1.54) is 0 Å². The van der Waals surface area contributed by atoms with Crippen molar-refractivity contribution in [1.82, 2.24) is 15.1 Å². The second-order valence-corrected chi connectivity index (χ2v) is 7.18. The molecule has 3 aromatic rings. The molecule has 148 valence electrons. The molecule has 1 amide bonds. The van der Waals surface area contributed by atoms with Crippen LogP contribution in [0.4, 0.5) is 0 Å². The zero-order chi connectivity index (χ0) is 19.8. The predicted octanol–water partition coefficient (Wildman–Crippen LogP) is 3.48. The minimum absolute atomic E-state index is 0.0299. The summed E-state index contributed by atoms with van der Waals surface area (Å²) in [6.07, 6.45) is 0.509. The van der Waals surface area contributed by atoms with E-state index < -0.39 is 0 Å². The van der Waals surface area contributed by atoms with Gasteiger partial charge in [0.15, 0.2) is 11.5 Å². The number of aromatic amines is 1. The van der Waals surface area contributed by atoms with Crippen LogP contribution in [0.25, 0.3) is 0 Å². The number of nitrogens with one attached hydrogen (secondary N) is 1. The van der Waals surface area contributed by atoms with Gasteiger partial charge in [0, 0.05) is 36.3 Å². The quantitative estimate of drug-likeness (QED) is 0.737. The van der Waals surface area contributed by atoms with E-state index in [1.54, 1.807) is 18.2 Å². The number of hydrogen-bond donors (Lipinski definition) is 1. The number of fused-ring (bicyclic) bond motifs is 2. The van der Waals surface area contributed by atoms with Crippen molar-refractivity contribution >= 4 is 5.91 Å². The summed E-state index contributed by atoms with van der Waals surface area (Å²) in [7, 11) is 0. The van der Waals surface area contributed by atoms with Crippen LogP contribution in [0.3, 0.4) is 0 Å². The van der Waals surface area contributed by atoms with Gasteiger partial charge in [-0.3, -0.25) is 9.89 Å². The van der Waals surface area contributed by atoms with E-state index in [0.29, 0.717) is 30.2 Å². The van der Waals surface area contributed by atoms with Gasteiger partial charge >= 0.3 is 0 Å². The number of amides is 1. The van der Waals surface area contributed by atoms with Crippen molar-refractivity contribution in [3.63, 3.8) is 0 Å². The molecule has 1 aromatic heterocycles. The van der Waals surface area contributed by atoms with Crippen molar-refractivity contribution in [2.75, 3.05) is 13.3 Å². The summed E-state index contributed by atoms with van der Waals surface area (Å²) in [6.45, 7) is 3.30. The van der Waals surface area contributed by atoms with E-state index >= 15 is 0 Å². The second-order valence-electron chi connectivity index (χ2n) is 7.18. The first-order chi connectivity index (χ1) is 14.2. The zero-order valence-corrected chi connectivity index (χ0v) is 16.1. The fourth-order valence-electron chi connectivity index (χ4n) is 3.80. The minimum atomic E-state index is -0.224. The van der Waals surface area contributed by atoms with Gasteiger partial charge < -0.3 is 19.1 Å². The van der Waals surface area contributed by atoms with Gasteiger partial charge in [-0.25, -0.2) is 0 Å². The molecule has 7 heteroatoms. The maximum absolute atomic E-state index is 13.1. The molecule has 0 fully saturated rings. The Hall–Kier alpha value is -3.48. The van der Waals surface area contributed by atoms with E-state index in [9.17, 15) is 4.79 Å². The van der Waals surface area contributed by atoms with Crippen LogP contribution in [0, 0.1) is 0 Å². The molecule has 2 aliphatic heterocycles. The molecule has 5 rings (SSSR count). The normalized spacial score (nSPS) is 15.7. The summed E-state index contributed by atoms with van der Waals surface area (Å²) in [5.41, 5.74) is 3.54. The molecule has 1 atom stereocenters. The zero-order valence-electron chi connectivity index (χ0n) is 16.1. The lowest BCUT2D eigenvalue weighted by molar-refractivity contribution is 0.0732. The van der Waals surface area contributed by atoms with Crippen LogP contribution in [0.1, 0.15) is 40.3 Å². The topological polar surface area (TPSA) is 76.7 Å². The Bertz CT molecular complexity index is 1050. The lowest BCUT2D eigenvalue weighted by atomic mass is 10.0. The highest BCUT2D eigenvalue weighted by molar-refractivity contribution is 5.95. The first-order valence-electron chi connectivity index (χ1n) is 9.65. The SMILES string of the molecule is C[C@H](Oc1ccccc1)c1n[nH]c2c1CN(C(=O)c1ccc3c(c1)OCO3)CC2. The van der Waals surface area contributed by atoms with Gasteiger partial charge in [-0.2, -0.15) is 5.10 Å². The van der Waals surface area contributed by atoms with Crippen LogP contribution in [0.2, 0.25) is 0 Å². The lowest BCUT2D eigenvalue weighted by Gasteiger charge is -2.28. The number of nitrogens with zero attached hydrogens (tertiary/aromatic N) is 2. The van der Waals surface area contributed by atoms with Gasteiger partial charge in [-0.15, -0.1) is 0 Å². The lowest BCUT2D eigenvalue weighted by Crippen LogP contribution is -2.36. The number of para-hydroxylation sites is 1. The molecule has 0 radical (unpaired) electrons. The molecule has 0 saturated heterocycles. The van der Waals surface area contributed by atoms with Crippen LogP contribution in [-0.4, -0.2) is 34.3 Å². The van der Waals surface area contributed by atoms with Crippen LogP contribution < -0.4 is 14.2 Å². The predicted molar refractivity (Wildman–Crippen MR) is 105 cm³/mol. The average Bonchev–Trinajstić information content (AvgIpc) is 3.39. The third-order valence-corrected chi connectivity index (χ3v) is 5.31. The number of carbonyl (C=O) groups is 1. The molecular formula is C22H21N3O4. The molecule has 7 nitrogen and oxygen atoms in total. The Balaban J connectivity index is 1.35. The van der Waals surface area contributed by atoms with Gasteiger partial charge in [0.05, 0.1) is 0 Å². The van der Waals surface area contributed by atoms with Crippen molar-refractivity contribution in [3.8, 4) is 17.2 Å². The van der Waals surface area contributed by atoms with E-state index in [2.05, 4.69) is 10.2 Å². The molecule has 0 saturated carbocycles. The highest BCUT2D eigenvalue weighted by atomic mass is 16.7. The molecule has 2 aliphatic rings. The number of ether oxygens (including phenoxy) is 3. The van der Waals surface area contributed by atoms with E-state index in [1.807, 2.05) is 42.2 Å². The third-order valence-electron chi connectivity index (χ3n) is 5.31. The van der Waals surface area contributed by atoms with Crippen molar-refractivity contribution in [2.24, 2.45) is 0 Å². The van der Waals surface area contributed by atoms with Gasteiger partial charge in [0.1, 0.15) is 17.5 Å². The molecule has 3 heterocycles. The number of hydrogen-bond acceptors (Lipinski definition) is 5. The Morgan fingerprint density at radius 1 is 1.17 bits per heavy atom. The molecule has 29 heavy (non-hydrogen) atoms. The van der Waals surface area contributed by atoms with E-state index in [0.717, 1.165) is 29.1 Å². The first-order valence-corrected chi connectivity index (χ1v) is 9.65. The molecular weight excluding hydrogens is 370 g/mol. The minimum Gasteiger partial charge on any atom is -0.484 e. The molecule has 0 spiro atoms. The number of benzene rings is 2. The van der Waals surface area contributed by atoms with E-state index in [-0.39, 0.29) is 18.8 Å². The van der Waals surface area contributed by atoms with Crippen molar-refractivity contribution in [3.05, 3.63) is 71.0 Å². The van der Waals surface area contributed by atoms with Crippen molar-refractivity contribution in [2.45, 2.75) is 26.0 Å². The molecule has 0 aliphatic carbocycles. The fraction of sp³-hybridized carbons (Fsp3) is 0.273. The highest BCUT2D eigenvalue weighted by Gasteiger charge is 2.29. The largest absolute Gasteiger partial charge is 0.484 e. The maximum Gasteiger partial charge on any atom is 0.254 e. The Kier molecular flexibility index (Phi) is 4.35. The van der Waals surface area contributed by atoms with Gasteiger partial charge in [0.2, 0.25) is 6.79 Å².